The highest BCUT2D eigenvalue weighted by Crippen LogP contribution is 2.27. The van der Waals surface area contributed by atoms with Crippen LogP contribution in [-0.2, 0) is 0 Å². The van der Waals surface area contributed by atoms with Gasteiger partial charge in [0.05, 0.1) is 0 Å². The highest BCUT2D eigenvalue weighted by molar-refractivity contribution is 5.51. The van der Waals surface area contributed by atoms with Gasteiger partial charge in [0, 0.05) is 23.3 Å². The summed E-state index contributed by atoms with van der Waals surface area (Å²) < 4.78 is 12.0. The summed E-state index contributed by atoms with van der Waals surface area (Å²) in [7, 11) is 0. The van der Waals surface area contributed by atoms with Crippen molar-refractivity contribution in [2.24, 2.45) is 0 Å². The van der Waals surface area contributed by atoms with Crippen molar-refractivity contribution >= 4 is 11.4 Å². The first-order valence-corrected chi connectivity index (χ1v) is 9.69. The van der Waals surface area contributed by atoms with Crippen LogP contribution in [0.15, 0.2) is 97.1 Å². The minimum absolute atomic E-state index is 0.822. The van der Waals surface area contributed by atoms with Crippen molar-refractivity contribution in [2.45, 2.75) is 13.8 Å². The Hall–Kier alpha value is -3.56. The summed E-state index contributed by atoms with van der Waals surface area (Å²) in [5.74, 6) is 3.30. The molecule has 0 aromatic heterocycles. The molecule has 4 aromatic rings. The van der Waals surface area contributed by atoms with E-state index in [9.17, 15) is 0 Å². The Balaban J connectivity index is 1.57. The molecule has 29 heavy (non-hydrogen) atoms. The van der Waals surface area contributed by atoms with E-state index in [4.69, 9.17) is 9.47 Å². The van der Waals surface area contributed by atoms with Crippen LogP contribution in [0.3, 0.4) is 0 Å². The average molecular weight is 382 g/mol. The maximum absolute atomic E-state index is 6.00. The van der Waals surface area contributed by atoms with Gasteiger partial charge in [-0.1, -0.05) is 36.4 Å². The molecule has 144 valence electrons. The lowest BCUT2D eigenvalue weighted by Crippen LogP contribution is -2.71. The number of ether oxygens (including phenoxy) is 2. The summed E-state index contributed by atoms with van der Waals surface area (Å²) in [5, 5.41) is 2.18. The lowest BCUT2D eigenvalue weighted by molar-refractivity contribution is -0.479. The lowest BCUT2D eigenvalue weighted by Gasteiger charge is -2.11. The van der Waals surface area contributed by atoms with Crippen molar-refractivity contribution in [1.82, 2.24) is 0 Å². The largest absolute Gasteiger partial charge is 0.457 e. The highest BCUT2D eigenvalue weighted by atomic mass is 16.5. The van der Waals surface area contributed by atoms with Gasteiger partial charge in [-0.05, 0) is 62.4 Å². The first-order valence-electron chi connectivity index (χ1n) is 9.69. The second kappa shape index (κ2) is 8.63. The Morgan fingerprint density at radius 2 is 0.897 bits per heavy atom. The molecule has 0 saturated carbocycles. The van der Waals surface area contributed by atoms with Gasteiger partial charge in [0.1, 0.15) is 34.4 Å². The van der Waals surface area contributed by atoms with Crippen LogP contribution in [0.25, 0.3) is 0 Å². The summed E-state index contributed by atoms with van der Waals surface area (Å²) in [6.07, 6.45) is 0. The lowest BCUT2D eigenvalue weighted by atomic mass is 10.1. The molecule has 3 nitrogen and oxygen atoms in total. The van der Waals surface area contributed by atoms with Crippen molar-refractivity contribution < 1.29 is 14.8 Å². The minimum atomic E-state index is 0.822. The van der Waals surface area contributed by atoms with Crippen molar-refractivity contribution in [2.75, 3.05) is 0 Å². The summed E-state index contributed by atoms with van der Waals surface area (Å²) >= 11 is 0. The zero-order valence-corrected chi connectivity index (χ0v) is 16.6. The Kier molecular flexibility index (Phi) is 5.59. The van der Waals surface area contributed by atoms with Gasteiger partial charge in [0.15, 0.2) is 0 Å². The number of rotatable bonds is 6. The molecule has 0 unspecified atom stereocenters. The fourth-order valence-corrected chi connectivity index (χ4v) is 3.09. The van der Waals surface area contributed by atoms with E-state index < -0.39 is 0 Å². The predicted molar refractivity (Wildman–Crippen MR) is 117 cm³/mol. The van der Waals surface area contributed by atoms with Crippen molar-refractivity contribution in [3.05, 3.63) is 108 Å². The van der Waals surface area contributed by atoms with Crippen LogP contribution in [-0.4, -0.2) is 0 Å². The van der Waals surface area contributed by atoms with Crippen LogP contribution in [0.4, 0.5) is 11.4 Å². The van der Waals surface area contributed by atoms with Crippen LogP contribution in [0.1, 0.15) is 11.1 Å². The van der Waals surface area contributed by atoms with Gasteiger partial charge in [0.2, 0.25) is 0 Å². The average Bonchev–Trinajstić information content (AvgIpc) is 2.74. The standard InChI is InChI=1S/C26H23NO2/c1-19-13-15-23(28-21-9-5-3-6-10-21)17-25(19)27-26-18-24(16-14-20(26)2)29-22-11-7-4-8-12-22/h3-18,27H,1-2H3/p+1. The number of para-hydroxylation sites is 2. The van der Waals surface area contributed by atoms with Gasteiger partial charge in [-0.3, -0.25) is 5.32 Å². The molecule has 0 aliphatic heterocycles. The Morgan fingerprint density at radius 1 is 0.483 bits per heavy atom. The van der Waals surface area contributed by atoms with E-state index in [1.54, 1.807) is 0 Å². The molecule has 0 fully saturated rings. The molecular formula is C26H24NO2+. The SMILES string of the molecule is Cc1ccc(Oc2ccccc2)cc1[NH2+]c1cc(Oc2ccccc2)ccc1C. The first kappa shape index (κ1) is 18.8. The number of hydrogen-bond acceptors (Lipinski definition) is 2. The number of benzene rings is 4. The van der Waals surface area contributed by atoms with Crippen molar-refractivity contribution in [3.63, 3.8) is 0 Å². The number of nitrogens with two attached hydrogens (primary N) is 1. The van der Waals surface area contributed by atoms with E-state index in [1.807, 2.05) is 72.8 Å². The van der Waals surface area contributed by atoms with Crippen LogP contribution in [0, 0.1) is 13.8 Å². The van der Waals surface area contributed by atoms with Gasteiger partial charge in [-0.2, -0.15) is 0 Å². The summed E-state index contributed by atoms with van der Waals surface area (Å²) in [4.78, 5) is 0. The van der Waals surface area contributed by atoms with Crippen LogP contribution < -0.4 is 14.8 Å². The minimum Gasteiger partial charge on any atom is -0.457 e. The Bertz CT molecular complexity index is 1000. The fourth-order valence-electron chi connectivity index (χ4n) is 3.09. The van der Waals surface area contributed by atoms with Gasteiger partial charge < -0.3 is 9.47 Å². The topological polar surface area (TPSA) is 35.1 Å². The third kappa shape index (κ3) is 4.84. The van der Waals surface area contributed by atoms with E-state index in [-0.39, 0.29) is 0 Å². The Morgan fingerprint density at radius 3 is 1.31 bits per heavy atom. The normalized spacial score (nSPS) is 10.6. The maximum Gasteiger partial charge on any atom is 0.141 e. The van der Waals surface area contributed by atoms with E-state index in [0.29, 0.717) is 0 Å². The predicted octanol–water partition coefficient (Wildman–Crippen LogP) is 6.41. The van der Waals surface area contributed by atoms with Crippen LogP contribution in [0.5, 0.6) is 23.0 Å². The van der Waals surface area contributed by atoms with Gasteiger partial charge in [0.25, 0.3) is 0 Å². The molecule has 0 aliphatic rings. The number of hydrogen-bond donors (Lipinski definition) is 1. The molecular weight excluding hydrogens is 358 g/mol. The molecule has 0 spiro atoms. The third-order valence-electron chi connectivity index (χ3n) is 4.77. The second-order valence-electron chi connectivity index (χ2n) is 7.01. The number of aryl methyl sites for hydroxylation is 2. The third-order valence-corrected chi connectivity index (χ3v) is 4.77. The molecule has 0 heterocycles. The zero-order valence-electron chi connectivity index (χ0n) is 16.6. The second-order valence-corrected chi connectivity index (χ2v) is 7.01. The number of quaternary nitrogens is 1. The molecule has 4 rings (SSSR count). The molecule has 4 aromatic carbocycles. The molecule has 0 atom stereocenters. The van der Waals surface area contributed by atoms with Gasteiger partial charge in [-0.25, -0.2) is 0 Å². The van der Waals surface area contributed by atoms with Crippen molar-refractivity contribution in [1.29, 1.82) is 0 Å². The molecule has 0 aliphatic carbocycles. The van der Waals surface area contributed by atoms with Gasteiger partial charge in [-0.15, -0.1) is 0 Å². The zero-order chi connectivity index (χ0) is 20.1. The van der Waals surface area contributed by atoms with Crippen molar-refractivity contribution in [3.8, 4) is 23.0 Å². The summed E-state index contributed by atoms with van der Waals surface area (Å²) in [6, 6.07) is 32.0. The van der Waals surface area contributed by atoms with Gasteiger partial charge >= 0.3 is 0 Å². The molecule has 0 saturated heterocycles. The molecule has 0 radical (unpaired) electrons. The monoisotopic (exact) mass is 382 g/mol. The first-order chi connectivity index (χ1) is 14.2. The molecule has 0 amide bonds. The summed E-state index contributed by atoms with van der Waals surface area (Å²) in [6.45, 7) is 4.22. The molecule has 0 bridgehead atoms. The quantitative estimate of drug-likeness (QED) is 0.391. The summed E-state index contributed by atoms with van der Waals surface area (Å²) in [5.41, 5.74) is 4.63. The van der Waals surface area contributed by atoms with E-state index >= 15 is 0 Å². The molecule has 2 N–H and O–H groups in total. The molecule has 3 heteroatoms. The smallest absolute Gasteiger partial charge is 0.141 e. The van der Waals surface area contributed by atoms with E-state index in [0.717, 1.165) is 34.4 Å². The van der Waals surface area contributed by atoms with E-state index in [2.05, 4.69) is 43.4 Å². The van der Waals surface area contributed by atoms with Crippen LogP contribution in [0.2, 0.25) is 0 Å². The maximum atomic E-state index is 6.00. The van der Waals surface area contributed by atoms with E-state index in [1.165, 1.54) is 11.1 Å². The Labute approximate surface area is 171 Å². The highest BCUT2D eigenvalue weighted by Gasteiger charge is 2.11. The fraction of sp³-hybridized carbons (Fsp3) is 0.0769. The van der Waals surface area contributed by atoms with Crippen LogP contribution >= 0.6 is 0 Å².